The fraction of sp³-hybridized carbons (Fsp3) is 0.932. The van der Waals surface area contributed by atoms with Gasteiger partial charge in [0.25, 0.3) is 0 Å². The predicted molar refractivity (Wildman–Crippen MR) is 224 cm³/mol. The van der Waals surface area contributed by atoms with Crippen molar-refractivity contribution in [3.8, 4) is 0 Å². The number of hydrogen-bond acceptors (Lipinski definition) is 13. The molecule has 0 fully saturated rings. The number of esters is 1. The highest BCUT2D eigenvalue weighted by atomic mass is 16.6. The van der Waals surface area contributed by atoms with E-state index in [1.807, 2.05) is 0 Å². The van der Waals surface area contributed by atoms with Gasteiger partial charge in [0.05, 0.1) is 139 Å². The van der Waals surface area contributed by atoms with Crippen molar-refractivity contribution in [1.29, 1.82) is 0 Å². The third kappa shape index (κ3) is 50.8. The minimum atomic E-state index is -0.410. The minimum Gasteiger partial charge on any atom is -0.460 e. The largest absolute Gasteiger partial charge is 0.460 e. The van der Waals surface area contributed by atoms with Crippen LogP contribution in [-0.2, 0) is 61.6 Å². The summed E-state index contributed by atoms with van der Waals surface area (Å²) >= 11 is 0. The molecular weight excluding hydrogens is 736 g/mol. The van der Waals surface area contributed by atoms with Crippen molar-refractivity contribution >= 4 is 5.97 Å². The van der Waals surface area contributed by atoms with Crippen molar-refractivity contribution in [1.82, 2.24) is 0 Å². The second-order valence-electron chi connectivity index (χ2n) is 14.0. The SMILES string of the molecule is C=C(C)C(=O)OCCOCCOCCOCCOCCOCCOCCOCCOCCOCCOCCOCCCCCCCCCCCCCCCCCC. The van der Waals surface area contributed by atoms with E-state index in [0.29, 0.717) is 144 Å². The molecule has 0 spiro atoms. The molecule has 0 radical (unpaired) electrons. The topological polar surface area (TPSA) is 128 Å². The number of ether oxygens (including phenoxy) is 12. The van der Waals surface area contributed by atoms with Crippen LogP contribution in [0, 0.1) is 0 Å². The zero-order chi connectivity index (χ0) is 41.2. The molecule has 13 heteroatoms. The van der Waals surface area contributed by atoms with E-state index in [-0.39, 0.29) is 6.61 Å². The first-order valence-electron chi connectivity index (χ1n) is 22.4. The molecule has 13 nitrogen and oxygen atoms in total. The molecule has 0 aromatic carbocycles. The maximum absolute atomic E-state index is 11.2. The molecule has 0 heterocycles. The summed E-state index contributed by atoms with van der Waals surface area (Å²) in [6, 6.07) is 0. The Morgan fingerprint density at radius 2 is 0.491 bits per heavy atom. The Bertz CT molecular complexity index is 789. The lowest BCUT2D eigenvalue weighted by atomic mass is 10.0. The Labute approximate surface area is 347 Å². The van der Waals surface area contributed by atoms with Gasteiger partial charge < -0.3 is 56.8 Å². The van der Waals surface area contributed by atoms with E-state index in [4.69, 9.17) is 56.8 Å². The van der Waals surface area contributed by atoms with Crippen molar-refractivity contribution in [2.24, 2.45) is 0 Å². The molecule has 0 N–H and O–H groups in total. The van der Waals surface area contributed by atoms with Gasteiger partial charge in [-0.2, -0.15) is 0 Å². The van der Waals surface area contributed by atoms with Gasteiger partial charge in [0, 0.05) is 12.2 Å². The Morgan fingerprint density at radius 3 is 0.719 bits per heavy atom. The summed E-state index contributed by atoms with van der Waals surface area (Å²) in [7, 11) is 0. The van der Waals surface area contributed by atoms with Gasteiger partial charge in [-0.05, 0) is 13.3 Å². The quantitative estimate of drug-likeness (QED) is 0.0341. The maximum Gasteiger partial charge on any atom is 0.333 e. The van der Waals surface area contributed by atoms with E-state index in [1.165, 1.54) is 96.3 Å². The molecule has 0 aliphatic carbocycles. The van der Waals surface area contributed by atoms with Crippen molar-refractivity contribution < 1.29 is 61.6 Å². The molecule has 0 atom stereocenters. The van der Waals surface area contributed by atoms with Crippen molar-refractivity contribution in [3.05, 3.63) is 12.2 Å². The van der Waals surface area contributed by atoms with Gasteiger partial charge in [-0.1, -0.05) is 110 Å². The van der Waals surface area contributed by atoms with Crippen LogP contribution in [0.2, 0.25) is 0 Å². The van der Waals surface area contributed by atoms with Gasteiger partial charge in [-0.15, -0.1) is 0 Å². The highest BCUT2D eigenvalue weighted by molar-refractivity contribution is 5.86. The molecular formula is C44H86O13. The lowest BCUT2D eigenvalue weighted by molar-refractivity contribution is -0.140. The van der Waals surface area contributed by atoms with E-state index in [1.54, 1.807) is 6.92 Å². The zero-order valence-electron chi connectivity index (χ0n) is 36.6. The molecule has 0 aliphatic rings. The summed E-state index contributed by atoms with van der Waals surface area (Å²) in [5, 5.41) is 0. The van der Waals surface area contributed by atoms with Crippen LogP contribution < -0.4 is 0 Å². The molecule has 0 aromatic rings. The molecule has 340 valence electrons. The van der Waals surface area contributed by atoms with Crippen LogP contribution >= 0.6 is 0 Å². The van der Waals surface area contributed by atoms with Crippen LogP contribution in [0.15, 0.2) is 12.2 Å². The average Bonchev–Trinajstić information content (AvgIpc) is 3.21. The summed E-state index contributed by atoms with van der Waals surface area (Å²) in [5.74, 6) is -0.410. The molecule has 0 rings (SSSR count). The maximum atomic E-state index is 11.2. The lowest BCUT2D eigenvalue weighted by Crippen LogP contribution is -2.15. The molecule has 0 amide bonds. The highest BCUT2D eigenvalue weighted by Crippen LogP contribution is 2.13. The van der Waals surface area contributed by atoms with Gasteiger partial charge in [0.15, 0.2) is 0 Å². The Hall–Kier alpha value is -1.23. The number of unbranched alkanes of at least 4 members (excludes halogenated alkanes) is 15. The summed E-state index contributed by atoms with van der Waals surface area (Å²) in [6.07, 6.45) is 22.1. The Kier molecular flexibility index (Phi) is 49.8. The normalized spacial score (nSPS) is 11.5. The van der Waals surface area contributed by atoms with Crippen LogP contribution in [0.3, 0.4) is 0 Å². The number of carbonyl (C=O) groups excluding carboxylic acids is 1. The molecule has 0 unspecified atom stereocenters. The van der Waals surface area contributed by atoms with Crippen molar-refractivity contribution in [2.75, 3.05) is 152 Å². The van der Waals surface area contributed by atoms with E-state index in [2.05, 4.69) is 13.5 Å². The van der Waals surface area contributed by atoms with Crippen LogP contribution in [0.4, 0.5) is 0 Å². The molecule has 0 bridgehead atoms. The number of carbonyl (C=O) groups is 1. The summed E-state index contributed by atoms with van der Waals surface area (Å²) in [5.41, 5.74) is 0.372. The fourth-order valence-electron chi connectivity index (χ4n) is 5.37. The molecule has 0 saturated heterocycles. The third-order valence-electron chi connectivity index (χ3n) is 8.67. The first-order valence-corrected chi connectivity index (χ1v) is 22.4. The first-order chi connectivity index (χ1) is 28.2. The van der Waals surface area contributed by atoms with Crippen LogP contribution in [0.25, 0.3) is 0 Å². The summed E-state index contributed by atoms with van der Waals surface area (Å²) in [6.45, 7) is 19.1. The van der Waals surface area contributed by atoms with E-state index in [0.717, 1.165) is 13.0 Å². The van der Waals surface area contributed by atoms with Crippen molar-refractivity contribution in [3.63, 3.8) is 0 Å². The predicted octanol–water partition coefficient (Wildman–Crippen LogP) is 7.55. The van der Waals surface area contributed by atoms with E-state index >= 15 is 0 Å². The van der Waals surface area contributed by atoms with Gasteiger partial charge in [0.1, 0.15) is 6.61 Å². The van der Waals surface area contributed by atoms with Crippen LogP contribution in [0.1, 0.15) is 117 Å². The molecule has 57 heavy (non-hydrogen) atoms. The lowest BCUT2D eigenvalue weighted by Gasteiger charge is -2.09. The summed E-state index contributed by atoms with van der Waals surface area (Å²) in [4.78, 5) is 11.2. The average molecular weight is 823 g/mol. The second kappa shape index (κ2) is 50.9. The van der Waals surface area contributed by atoms with E-state index in [9.17, 15) is 4.79 Å². The van der Waals surface area contributed by atoms with Gasteiger partial charge in [0.2, 0.25) is 0 Å². The monoisotopic (exact) mass is 823 g/mol. The van der Waals surface area contributed by atoms with Crippen LogP contribution in [-0.4, -0.2) is 158 Å². The first kappa shape index (κ1) is 55.8. The number of hydrogen-bond donors (Lipinski definition) is 0. The van der Waals surface area contributed by atoms with Gasteiger partial charge >= 0.3 is 5.97 Å². The zero-order valence-corrected chi connectivity index (χ0v) is 36.6. The van der Waals surface area contributed by atoms with Gasteiger partial charge in [-0.3, -0.25) is 0 Å². The standard InChI is InChI=1S/C44H86O13/c1-4-5-6-7-8-9-10-11-12-13-14-15-16-17-18-19-20-46-21-22-47-23-24-48-25-26-49-27-28-50-29-30-51-31-32-52-33-34-53-35-36-54-37-38-55-39-40-56-41-42-57-44(45)43(2)3/h2,4-42H2,1,3H3. The Morgan fingerprint density at radius 1 is 0.298 bits per heavy atom. The molecule has 0 aliphatic heterocycles. The molecule has 0 aromatic heterocycles. The van der Waals surface area contributed by atoms with Crippen molar-refractivity contribution in [2.45, 2.75) is 117 Å². The molecule has 0 saturated carbocycles. The minimum absolute atomic E-state index is 0.201. The fourth-order valence-corrected chi connectivity index (χ4v) is 5.37. The third-order valence-corrected chi connectivity index (χ3v) is 8.67. The Balaban J connectivity index is 3.07. The van der Waals surface area contributed by atoms with Gasteiger partial charge in [-0.25, -0.2) is 4.79 Å². The smallest absolute Gasteiger partial charge is 0.333 e. The number of rotatable bonds is 51. The highest BCUT2D eigenvalue weighted by Gasteiger charge is 2.02. The van der Waals surface area contributed by atoms with Crippen LogP contribution in [0.5, 0.6) is 0 Å². The summed E-state index contributed by atoms with van der Waals surface area (Å²) < 4.78 is 65.5. The second-order valence-corrected chi connectivity index (χ2v) is 14.0. The van der Waals surface area contributed by atoms with E-state index < -0.39 is 5.97 Å².